The highest BCUT2D eigenvalue weighted by molar-refractivity contribution is 7.99. The minimum absolute atomic E-state index is 0.000231. The predicted octanol–water partition coefficient (Wildman–Crippen LogP) is 5.06. The SMILES string of the molecule is CC(C)(CSc1c(F)c(F)cc(F)c1F)C(=O)NCC1CCCCC1. The van der Waals surface area contributed by atoms with Gasteiger partial charge < -0.3 is 5.32 Å². The van der Waals surface area contributed by atoms with E-state index in [2.05, 4.69) is 5.32 Å². The van der Waals surface area contributed by atoms with Gasteiger partial charge in [-0.15, -0.1) is 11.8 Å². The summed E-state index contributed by atoms with van der Waals surface area (Å²) in [6.07, 6.45) is 5.75. The molecule has 0 aliphatic heterocycles. The molecule has 0 heterocycles. The van der Waals surface area contributed by atoms with Gasteiger partial charge in [-0.05, 0) is 18.8 Å². The standard InChI is InChI=1S/C18H23F4NOS/c1-18(2,17(24)23-9-11-6-4-3-5-7-11)10-25-16-14(21)12(19)8-13(20)15(16)22/h8,11H,3-7,9-10H2,1-2H3,(H,23,24). The maximum absolute atomic E-state index is 13.7. The fraction of sp³-hybridized carbons (Fsp3) is 0.611. The first kappa shape index (κ1) is 20.1. The molecule has 0 radical (unpaired) electrons. The quantitative estimate of drug-likeness (QED) is 0.427. The first-order valence-electron chi connectivity index (χ1n) is 8.46. The summed E-state index contributed by atoms with van der Waals surface area (Å²) < 4.78 is 53.9. The van der Waals surface area contributed by atoms with Crippen molar-refractivity contribution in [2.75, 3.05) is 12.3 Å². The van der Waals surface area contributed by atoms with Gasteiger partial charge in [0.05, 0.1) is 10.3 Å². The van der Waals surface area contributed by atoms with Crippen LogP contribution in [0.3, 0.4) is 0 Å². The molecular weight excluding hydrogens is 354 g/mol. The number of carbonyl (C=O) groups excluding carboxylic acids is 1. The van der Waals surface area contributed by atoms with Gasteiger partial charge >= 0.3 is 0 Å². The van der Waals surface area contributed by atoms with Crippen molar-refractivity contribution in [2.45, 2.75) is 50.8 Å². The van der Waals surface area contributed by atoms with E-state index >= 15 is 0 Å². The van der Waals surface area contributed by atoms with Crippen LogP contribution < -0.4 is 5.32 Å². The maximum atomic E-state index is 13.7. The molecule has 0 unspecified atom stereocenters. The minimum Gasteiger partial charge on any atom is -0.355 e. The van der Waals surface area contributed by atoms with Gasteiger partial charge in [0, 0.05) is 18.4 Å². The highest BCUT2D eigenvalue weighted by Crippen LogP contribution is 2.33. The summed E-state index contributed by atoms with van der Waals surface area (Å²) >= 11 is 0.608. The van der Waals surface area contributed by atoms with Crippen molar-refractivity contribution in [1.29, 1.82) is 0 Å². The zero-order chi connectivity index (χ0) is 18.6. The van der Waals surface area contributed by atoms with Gasteiger partial charge in [-0.2, -0.15) is 0 Å². The Morgan fingerprint density at radius 1 is 1.12 bits per heavy atom. The fourth-order valence-corrected chi connectivity index (χ4v) is 3.95. The van der Waals surface area contributed by atoms with Crippen molar-refractivity contribution < 1.29 is 22.4 Å². The number of hydrogen-bond acceptors (Lipinski definition) is 2. The second kappa shape index (κ2) is 8.43. The average molecular weight is 377 g/mol. The normalized spacial score (nSPS) is 16.1. The number of nitrogens with one attached hydrogen (secondary N) is 1. The number of hydrogen-bond donors (Lipinski definition) is 1. The third kappa shape index (κ3) is 5.12. The molecule has 1 saturated carbocycles. The molecule has 0 atom stereocenters. The van der Waals surface area contributed by atoms with Gasteiger partial charge in [0.2, 0.25) is 5.91 Å². The van der Waals surface area contributed by atoms with Crippen LogP contribution in [0, 0.1) is 34.6 Å². The highest BCUT2D eigenvalue weighted by atomic mass is 32.2. The van der Waals surface area contributed by atoms with E-state index < -0.39 is 33.6 Å². The Bertz CT molecular complexity index is 604. The number of amides is 1. The number of rotatable bonds is 6. The number of halogens is 4. The molecule has 0 aromatic heterocycles. The molecular formula is C18H23F4NOS. The molecule has 1 aromatic rings. The Kier molecular flexibility index (Phi) is 6.77. The van der Waals surface area contributed by atoms with Gasteiger partial charge in [0.25, 0.3) is 0 Å². The Morgan fingerprint density at radius 2 is 1.68 bits per heavy atom. The summed E-state index contributed by atoms with van der Waals surface area (Å²) in [5, 5.41) is 2.89. The molecule has 1 amide bonds. The van der Waals surface area contributed by atoms with Crippen molar-refractivity contribution in [2.24, 2.45) is 11.3 Å². The third-order valence-electron chi connectivity index (χ3n) is 4.54. The largest absolute Gasteiger partial charge is 0.355 e. The van der Waals surface area contributed by atoms with Crippen LogP contribution >= 0.6 is 11.8 Å². The monoisotopic (exact) mass is 377 g/mol. The summed E-state index contributed by atoms with van der Waals surface area (Å²) in [5.41, 5.74) is -0.930. The van der Waals surface area contributed by atoms with Gasteiger partial charge in [0.1, 0.15) is 0 Å². The minimum atomic E-state index is -1.44. The molecule has 2 nitrogen and oxygen atoms in total. The molecule has 1 aliphatic carbocycles. The van der Waals surface area contributed by atoms with E-state index in [0.29, 0.717) is 24.2 Å². The molecule has 1 N–H and O–H groups in total. The fourth-order valence-electron chi connectivity index (χ4n) is 2.86. The molecule has 25 heavy (non-hydrogen) atoms. The van der Waals surface area contributed by atoms with Crippen LogP contribution in [0.2, 0.25) is 0 Å². The summed E-state index contributed by atoms with van der Waals surface area (Å²) in [7, 11) is 0. The van der Waals surface area contributed by atoms with E-state index in [0.717, 1.165) is 12.8 Å². The number of carbonyl (C=O) groups is 1. The highest BCUT2D eigenvalue weighted by Gasteiger charge is 2.30. The molecule has 7 heteroatoms. The smallest absolute Gasteiger partial charge is 0.226 e. The Balaban J connectivity index is 1.95. The van der Waals surface area contributed by atoms with Crippen LogP contribution in [0.25, 0.3) is 0 Å². The third-order valence-corrected chi connectivity index (χ3v) is 6.05. The first-order valence-corrected chi connectivity index (χ1v) is 9.45. The van der Waals surface area contributed by atoms with E-state index in [-0.39, 0.29) is 17.7 Å². The van der Waals surface area contributed by atoms with Crippen LogP contribution in [-0.2, 0) is 4.79 Å². The molecule has 2 rings (SSSR count). The lowest BCUT2D eigenvalue weighted by molar-refractivity contribution is -0.128. The van der Waals surface area contributed by atoms with Crippen molar-refractivity contribution in [3.8, 4) is 0 Å². The van der Waals surface area contributed by atoms with Crippen molar-refractivity contribution in [3.63, 3.8) is 0 Å². The van der Waals surface area contributed by atoms with Gasteiger partial charge in [-0.3, -0.25) is 4.79 Å². The zero-order valence-electron chi connectivity index (χ0n) is 14.4. The second-order valence-electron chi connectivity index (χ2n) is 7.18. The van der Waals surface area contributed by atoms with Gasteiger partial charge in [0.15, 0.2) is 23.3 Å². The Morgan fingerprint density at radius 3 is 2.24 bits per heavy atom. The van der Waals surface area contributed by atoms with Gasteiger partial charge in [-0.1, -0.05) is 33.1 Å². The van der Waals surface area contributed by atoms with Crippen molar-refractivity contribution in [3.05, 3.63) is 29.3 Å². The average Bonchev–Trinajstić information content (AvgIpc) is 2.58. The Hall–Kier alpha value is -1.24. The summed E-state index contributed by atoms with van der Waals surface area (Å²) in [4.78, 5) is 11.6. The van der Waals surface area contributed by atoms with E-state index in [4.69, 9.17) is 0 Å². The van der Waals surface area contributed by atoms with Crippen LogP contribution in [-0.4, -0.2) is 18.2 Å². The van der Waals surface area contributed by atoms with Crippen LogP contribution in [0.15, 0.2) is 11.0 Å². The molecule has 0 saturated heterocycles. The lowest BCUT2D eigenvalue weighted by Crippen LogP contribution is -2.41. The summed E-state index contributed by atoms with van der Waals surface area (Å²) in [5.74, 6) is -5.51. The lowest BCUT2D eigenvalue weighted by Gasteiger charge is -2.26. The molecule has 1 fully saturated rings. The van der Waals surface area contributed by atoms with E-state index in [9.17, 15) is 22.4 Å². The summed E-state index contributed by atoms with van der Waals surface area (Å²) in [6.45, 7) is 3.87. The van der Waals surface area contributed by atoms with Crippen molar-refractivity contribution >= 4 is 17.7 Å². The van der Waals surface area contributed by atoms with Crippen molar-refractivity contribution in [1.82, 2.24) is 5.32 Å². The van der Waals surface area contributed by atoms with Gasteiger partial charge in [-0.25, -0.2) is 17.6 Å². The predicted molar refractivity (Wildman–Crippen MR) is 90.4 cm³/mol. The number of benzene rings is 1. The second-order valence-corrected chi connectivity index (χ2v) is 8.17. The molecule has 1 aromatic carbocycles. The molecule has 140 valence electrons. The molecule has 0 bridgehead atoms. The topological polar surface area (TPSA) is 29.1 Å². The number of thioether (sulfide) groups is 1. The summed E-state index contributed by atoms with van der Waals surface area (Å²) in [6, 6.07) is 0.177. The molecule has 0 spiro atoms. The van der Waals surface area contributed by atoms with E-state index in [1.54, 1.807) is 13.8 Å². The van der Waals surface area contributed by atoms with Crippen LogP contribution in [0.1, 0.15) is 46.0 Å². The molecule has 1 aliphatic rings. The maximum Gasteiger partial charge on any atom is 0.226 e. The Labute approximate surface area is 149 Å². The van der Waals surface area contributed by atoms with E-state index in [1.807, 2.05) is 0 Å². The van der Waals surface area contributed by atoms with E-state index in [1.165, 1.54) is 19.3 Å². The van der Waals surface area contributed by atoms with Crippen LogP contribution in [0.5, 0.6) is 0 Å². The zero-order valence-corrected chi connectivity index (χ0v) is 15.2. The van der Waals surface area contributed by atoms with Crippen LogP contribution in [0.4, 0.5) is 17.6 Å². The first-order chi connectivity index (χ1) is 11.7. The lowest BCUT2D eigenvalue weighted by atomic mass is 9.88.